The highest BCUT2D eigenvalue weighted by molar-refractivity contribution is 5.89. The van der Waals surface area contributed by atoms with E-state index in [1.165, 1.54) is 7.11 Å². The predicted molar refractivity (Wildman–Crippen MR) is 80.5 cm³/mol. The molecule has 5 nitrogen and oxygen atoms in total. The van der Waals surface area contributed by atoms with Crippen molar-refractivity contribution in [2.75, 3.05) is 7.11 Å². The van der Waals surface area contributed by atoms with Crippen LogP contribution >= 0.6 is 0 Å². The molecule has 118 valence electrons. The highest BCUT2D eigenvalue weighted by Gasteiger charge is 2.47. The van der Waals surface area contributed by atoms with E-state index in [1.807, 2.05) is 19.1 Å². The van der Waals surface area contributed by atoms with E-state index in [4.69, 9.17) is 9.47 Å². The van der Waals surface area contributed by atoms with Crippen LogP contribution in [0.3, 0.4) is 0 Å². The van der Waals surface area contributed by atoms with Crippen LogP contribution in [0.1, 0.15) is 35.2 Å². The number of carbonyl (C=O) groups excluding carboxylic acids is 2. The standard InChI is InChI=1S/C17H21NO4/c1-10-3-5-11(6-4-10)16(19)22-14-9-12-7-8-13(18-12)15(14)17(20)21-2/h3-6,12-15,18H,7-9H2,1-2H3/t12-,13+,14-,15+/m0/s1. The highest BCUT2D eigenvalue weighted by atomic mass is 16.6. The number of benzene rings is 1. The Bertz CT molecular complexity index is 569. The lowest BCUT2D eigenvalue weighted by Crippen LogP contribution is -2.53. The van der Waals surface area contributed by atoms with Gasteiger partial charge in [-0.15, -0.1) is 0 Å². The fourth-order valence-electron chi connectivity index (χ4n) is 3.47. The second-order valence-corrected chi connectivity index (χ2v) is 6.14. The minimum Gasteiger partial charge on any atom is -0.469 e. The number of methoxy groups -OCH3 is 1. The van der Waals surface area contributed by atoms with Crippen LogP contribution in [-0.4, -0.2) is 37.2 Å². The number of aryl methyl sites for hydroxylation is 1. The number of nitrogens with one attached hydrogen (secondary N) is 1. The van der Waals surface area contributed by atoms with Crippen LogP contribution in [0.25, 0.3) is 0 Å². The number of ether oxygens (including phenoxy) is 2. The van der Waals surface area contributed by atoms with Crippen molar-refractivity contribution in [3.05, 3.63) is 35.4 Å². The Balaban J connectivity index is 1.75. The number of carbonyl (C=O) groups is 2. The average Bonchev–Trinajstić information content (AvgIpc) is 2.89. The number of hydrogen-bond acceptors (Lipinski definition) is 5. The van der Waals surface area contributed by atoms with Crippen molar-refractivity contribution in [3.63, 3.8) is 0 Å². The fraction of sp³-hybridized carbons (Fsp3) is 0.529. The van der Waals surface area contributed by atoms with Gasteiger partial charge in [0.05, 0.1) is 12.7 Å². The van der Waals surface area contributed by atoms with E-state index < -0.39 is 12.0 Å². The van der Waals surface area contributed by atoms with E-state index in [0.29, 0.717) is 18.0 Å². The molecule has 2 saturated heterocycles. The van der Waals surface area contributed by atoms with Crippen molar-refractivity contribution in [3.8, 4) is 0 Å². The minimum absolute atomic E-state index is 0.0435. The Morgan fingerprint density at radius 2 is 1.91 bits per heavy atom. The summed E-state index contributed by atoms with van der Waals surface area (Å²) in [4.78, 5) is 24.4. The van der Waals surface area contributed by atoms with E-state index in [2.05, 4.69) is 5.32 Å². The smallest absolute Gasteiger partial charge is 0.338 e. The lowest BCUT2D eigenvalue weighted by Gasteiger charge is -2.35. The third-order valence-electron chi connectivity index (χ3n) is 4.65. The molecule has 0 aromatic heterocycles. The molecule has 0 spiro atoms. The Hall–Kier alpha value is -1.88. The number of rotatable bonds is 3. The highest BCUT2D eigenvalue weighted by Crippen LogP contribution is 2.34. The molecular formula is C17H21NO4. The molecule has 1 N–H and O–H groups in total. The Morgan fingerprint density at radius 1 is 1.18 bits per heavy atom. The summed E-state index contributed by atoms with van der Waals surface area (Å²) in [5, 5.41) is 3.41. The molecule has 0 unspecified atom stereocenters. The molecule has 2 fully saturated rings. The normalized spacial score (nSPS) is 29.9. The molecule has 2 heterocycles. The maximum atomic E-state index is 12.3. The van der Waals surface area contributed by atoms with Gasteiger partial charge in [-0.05, 0) is 31.9 Å². The van der Waals surface area contributed by atoms with Gasteiger partial charge < -0.3 is 14.8 Å². The maximum Gasteiger partial charge on any atom is 0.338 e. The van der Waals surface area contributed by atoms with Gasteiger partial charge >= 0.3 is 11.9 Å². The van der Waals surface area contributed by atoms with Crippen LogP contribution in [0.4, 0.5) is 0 Å². The van der Waals surface area contributed by atoms with E-state index in [-0.39, 0.29) is 18.0 Å². The molecular weight excluding hydrogens is 282 g/mol. The zero-order chi connectivity index (χ0) is 15.7. The third kappa shape index (κ3) is 2.86. The zero-order valence-corrected chi connectivity index (χ0v) is 12.9. The van der Waals surface area contributed by atoms with Gasteiger partial charge in [0.15, 0.2) is 0 Å². The molecule has 0 saturated carbocycles. The molecule has 1 aromatic carbocycles. The summed E-state index contributed by atoms with van der Waals surface area (Å²) in [5.74, 6) is -1.10. The van der Waals surface area contributed by atoms with Crippen molar-refractivity contribution in [2.45, 2.75) is 44.4 Å². The summed E-state index contributed by atoms with van der Waals surface area (Å²) >= 11 is 0. The molecule has 1 aromatic rings. The molecule has 0 radical (unpaired) electrons. The largest absolute Gasteiger partial charge is 0.469 e. The number of hydrogen-bond donors (Lipinski definition) is 1. The van der Waals surface area contributed by atoms with Crippen molar-refractivity contribution >= 4 is 11.9 Å². The van der Waals surface area contributed by atoms with Crippen LogP contribution < -0.4 is 5.32 Å². The van der Waals surface area contributed by atoms with Crippen LogP contribution in [-0.2, 0) is 14.3 Å². The van der Waals surface area contributed by atoms with Crippen molar-refractivity contribution in [1.82, 2.24) is 5.32 Å². The van der Waals surface area contributed by atoms with Gasteiger partial charge in [-0.3, -0.25) is 4.79 Å². The average molecular weight is 303 g/mol. The Labute approximate surface area is 130 Å². The van der Waals surface area contributed by atoms with Gasteiger partial charge in [-0.2, -0.15) is 0 Å². The lowest BCUT2D eigenvalue weighted by atomic mass is 9.89. The maximum absolute atomic E-state index is 12.3. The summed E-state index contributed by atoms with van der Waals surface area (Å²) < 4.78 is 10.6. The number of fused-ring (bicyclic) bond motifs is 2. The second kappa shape index (κ2) is 6.08. The van der Waals surface area contributed by atoms with E-state index >= 15 is 0 Å². The lowest BCUT2D eigenvalue weighted by molar-refractivity contribution is -0.152. The van der Waals surface area contributed by atoms with E-state index in [9.17, 15) is 9.59 Å². The molecule has 5 heteroatoms. The molecule has 2 aliphatic rings. The van der Waals surface area contributed by atoms with Crippen LogP contribution in [0.2, 0.25) is 0 Å². The van der Waals surface area contributed by atoms with Crippen molar-refractivity contribution in [1.29, 1.82) is 0 Å². The molecule has 22 heavy (non-hydrogen) atoms. The topological polar surface area (TPSA) is 64.6 Å². The molecule has 2 bridgehead atoms. The molecule has 0 aliphatic carbocycles. The molecule has 0 amide bonds. The second-order valence-electron chi connectivity index (χ2n) is 6.14. The fourth-order valence-corrected chi connectivity index (χ4v) is 3.47. The number of piperidine rings is 1. The van der Waals surface area contributed by atoms with Crippen LogP contribution in [0.15, 0.2) is 24.3 Å². The van der Waals surface area contributed by atoms with Gasteiger partial charge in [0.1, 0.15) is 12.0 Å². The van der Waals surface area contributed by atoms with Crippen molar-refractivity contribution in [2.24, 2.45) is 5.92 Å². The van der Waals surface area contributed by atoms with Gasteiger partial charge in [0, 0.05) is 18.5 Å². The van der Waals surface area contributed by atoms with E-state index in [1.54, 1.807) is 12.1 Å². The summed E-state index contributed by atoms with van der Waals surface area (Å²) in [6.07, 6.45) is 2.17. The van der Waals surface area contributed by atoms with Gasteiger partial charge in [0.2, 0.25) is 0 Å². The van der Waals surface area contributed by atoms with Crippen LogP contribution in [0, 0.1) is 12.8 Å². The quantitative estimate of drug-likeness (QED) is 0.863. The van der Waals surface area contributed by atoms with E-state index in [0.717, 1.165) is 18.4 Å². The van der Waals surface area contributed by atoms with Crippen molar-refractivity contribution < 1.29 is 19.1 Å². The number of esters is 2. The molecule has 2 aliphatic heterocycles. The van der Waals surface area contributed by atoms with Gasteiger partial charge in [-0.1, -0.05) is 17.7 Å². The Morgan fingerprint density at radius 3 is 2.59 bits per heavy atom. The Kier molecular flexibility index (Phi) is 4.16. The monoisotopic (exact) mass is 303 g/mol. The molecule has 3 rings (SSSR count). The molecule has 4 atom stereocenters. The first kappa shape index (κ1) is 15.0. The minimum atomic E-state index is -0.418. The first-order chi connectivity index (χ1) is 10.6. The summed E-state index contributed by atoms with van der Waals surface area (Å²) in [6.45, 7) is 1.97. The zero-order valence-electron chi connectivity index (χ0n) is 12.9. The first-order valence-corrected chi connectivity index (χ1v) is 7.70. The summed E-state index contributed by atoms with van der Waals surface area (Å²) in [7, 11) is 1.38. The first-order valence-electron chi connectivity index (χ1n) is 7.70. The van der Waals surface area contributed by atoms with Gasteiger partial charge in [0.25, 0.3) is 0 Å². The predicted octanol–water partition coefficient (Wildman–Crippen LogP) is 1.83. The third-order valence-corrected chi connectivity index (χ3v) is 4.65. The summed E-state index contributed by atoms with van der Waals surface area (Å²) in [5.41, 5.74) is 1.60. The summed E-state index contributed by atoms with van der Waals surface area (Å²) in [6, 6.07) is 7.62. The van der Waals surface area contributed by atoms with Gasteiger partial charge in [-0.25, -0.2) is 4.79 Å². The van der Waals surface area contributed by atoms with Crippen LogP contribution in [0.5, 0.6) is 0 Å². The SMILES string of the molecule is COC(=O)[C@H]1[C@@H](OC(=O)c2ccc(C)cc2)C[C@@H]2CC[C@H]1N2.